The fourth-order valence-electron chi connectivity index (χ4n) is 1.54. The van der Waals surface area contributed by atoms with E-state index in [2.05, 4.69) is 5.32 Å². The van der Waals surface area contributed by atoms with Gasteiger partial charge in [0.1, 0.15) is 5.76 Å². The molecular formula is C13H20N2O4. The minimum atomic E-state index is -0.929. The number of urea groups is 1. The van der Waals surface area contributed by atoms with Gasteiger partial charge in [-0.15, -0.1) is 0 Å². The fourth-order valence-corrected chi connectivity index (χ4v) is 1.54. The van der Waals surface area contributed by atoms with Crippen molar-refractivity contribution in [3.05, 3.63) is 24.2 Å². The first-order valence-corrected chi connectivity index (χ1v) is 6.26. The molecule has 0 aliphatic rings. The largest absolute Gasteiger partial charge is 0.481 e. The van der Waals surface area contributed by atoms with Gasteiger partial charge in [-0.3, -0.25) is 4.79 Å². The lowest BCUT2D eigenvalue weighted by atomic mass is 10.0. The van der Waals surface area contributed by atoms with E-state index in [9.17, 15) is 9.59 Å². The molecule has 0 aromatic carbocycles. The Labute approximate surface area is 112 Å². The summed E-state index contributed by atoms with van der Waals surface area (Å²) in [6.07, 6.45) is 1.55. The van der Waals surface area contributed by atoms with E-state index in [1.807, 2.05) is 6.92 Å². The van der Waals surface area contributed by atoms with Gasteiger partial charge in [-0.25, -0.2) is 4.79 Å². The van der Waals surface area contributed by atoms with E-state index < -0.39 is 17.9 Å². The van der Waals surface area contributed by atoms with Crippen LogP contribution in [-0.4, -0.2) is 34.6 Å². The van der Waals surface area contributed by atoms with Gasteiger partial charge >= 0.3 is 12.0 Å². The second-order valence-electron chi connectivity index (χ2n) is 4.46. The second-order valence-corrected chi connectivity index (χ2v) is 4.46. The van der Waals surface area contributed by atoms with Crippen LogP contribution in [0.25, 0.3) is 0 Å². The van der Waals surface area contributed by atoms with Gasteiger partial charge in [0, 0.05) is 12.6 Å². The Hall–Kier alpha value is -1.98. The average molecular weight is 268 g/mol. The maximum atomic E-state index is 12.0. The van der Waals surface area contributed by atoms with E-state index in [1.54, 1.807) is 37.1 Å². The molecule has 0 bridgehead atoms. The lowest BCUT2D eigenvalue weighted by molar-refractivity contribution is -0.141. The van der Waals surface area contributed by atoms with Gasteiger partial charge in [-0.1, -0.05) is 0 Å². The van der Waals surface area contributed by atoms with E-state index in [0.29, 0.717) is 18.8 Å². The smallest absolute Gasteiger partial charge is 0.318 e. The van der Waals surface area contributed by atoms with Crippen molar-refractivity contribution in [1.82, 2.24) is 10.2 Å². The van der Waals surface area contributed by atoms with E-state index in [4.69, 9.17) is 9.52 Å². The van der Waals surface area contributed by atoms with E-state index >= 15 is 0 Å². The predicted octanol–water partition coefficient (Wildman–Crippen LogP) is 1.92. The Balaban J connectivity index is 2.56. The highest BCUT2D eigenvalue weighted by molar-refractivity contribution is 5.76. The Bertz CT molecular complexity index is 416. The first-order chi connectivity index (χ1) is 8.95. The molecule has 106 valence electrons. The molecule has 1 aromatic heterocycles. The molecule has 6 nitrogen and oxygen atoms in total. The van der Waals surface area contributed by atoms with Gasteiger partial charge < -0.3 is 19.7 Å². The summed E-state index contributed by atoms with van der Waals surface area (Å²) >= 11 is 0. The zero-order chi connectivity index (χ0) is 14.4. The van der Waals surface area contributed by atoms with Gasteiger partial charge in [0.2, 0.25) is 0 Å². The molecule has 0 fully saturated rings. The van der Waals surface area contributed by atoms with Crippen molar-refractivity contribution in [3.8, 4) is 0 Å². The monoisotopic (exact) mass is 268 g/mol. The third-order valence-corrected chi connectivity index (χ3v) is 3.09. The second kappa shape index (κ2) is 6.82. The van der Waals surface area contributed by atoms with E-state index in [-0.39, 0.29) is 6.03 Å². The van der Waals surface area contributed by atoms with Gasteiger partial charge in [0.05, 0.1) is 18.7 Å². The molecule has 0 aliphatic carbocycles. The summed E-state index contributed by atoms with van der Waals surface area (Å²) in [4.78, 5) is 24.4. The molecule has 0 saturated heterocycles. The van der Waals surface area contributed by atoms with E-state index in [1.165, 1.54) is 0 Å². The van der Waals surface area contributed by atoms with Crippen molar-refractivity contribution in [2.75, 3.05) is 6.54 Å². The molecule has 0 radical (unpaired) electrons. The van der Waals surface area contributed by atoms with Gasteiger partial charge in [0.15, 0.2) is 0 Å². The quantitative estimate of drug-likeness (QED) is 0.825. The van der Waals surface area contributed by atoms with Crippen molar-refractivity contribution < 1.29 is 19.1 Å². The molecular weight excluding hydrogens is 248 g/mol. The first kappa shape index (κ1) is 15.1. The minimum Gasteiger partial charge on any atom is -0.481 e. The van der Waals surface area contributed by atoms with Crippen molar-refractivity contribution in [2.45, 2.75) is 33.4 Å². The molecule has 0 aliphatic heterocycles. The molecule has 0 saturated carbocycles. The Kier molecular flexibility index (Phi) is 5.41. The fraction of sp³-hybridized carbons (Fsp3) is 0.538. The third-order valence-electron chi connectivity index (χ3n) is 3.09. The molecule has 19 heavy (non-hydrogen) atoms. The van der Waals surface area contributed by atoms with Gasteiger partial charge in [-0.05, 0) is 32.9 Å². The van der Waals surface area contributed by atoms with Crippen molar-refractivity contribution in [3.63, 3.8) is 0 Å². The van der Waals surface area contributed by atoms with Gasteiger partial charge in [-0.2, -0.15) is 0 Å². The van der Waals surface area contributed by atoms with Crippen LogP contribution < -0.4 is 5.32 Å². The Morgan fingerprint density at radius 2 is 2.16 bits per heavy atom. The normalized spacial score (nSPS) is 13.6. The summed E-state index contributed by atoms with van der Waals surface area (Å²) < 4.78 is 5.19. The zero-order valence-electron chi connectivity index (χ0n) is 11.4. The molecule has 1 heterocycles. The number of rotatable bonds is 6. The molecule has 2 N–H and O–H groups in total. The van der Waals surface area contributed by atoms with Crippen molar-refractivity contribution >= 4 is 12.0 Å². The zero-order valence-corrected chi connectivity index (χ0v) is 11.4. The molecule has 1 aromatic rings. The SMILES string of the molecule is CCN(Cc1ccco1)C(=O)NC(C)C(C)C(=O)O. The maximum Gasteiger partial charge on any atom is 0.318 e. The number of hydrogen-bond donors (Lipinski definition) is 2. The number of nitrogens with zero attached hydrogens (tertiary/aromatic N) is 1. The molecule has 2 amide bonds. The number of nitrogens with one attached hydrogen (secondary N) is 1. The van der Waals surface area contributed by atoms with Crippen molar-refractivity contribution in [1.29, 1.82) is 0 Å². The van der Waals surface area contributed by atoms with Crippen LogP contribution in [0.4, 0.5) is 4.79 Å². The van der Waals surface area contributed by atoms with Crippen LogP contribution in [0, 0.1) is 5.92 Å². The molecule has 2 atom stereocenters. The number of hydrogen-bond acceptors (Lipinski definition) is 3. The first-order valence-electron chi connectivity index (χ1n) is 6.26. The van der Waals surface area contributed by atoms with Crippen LogP contribution in [0.15, 0.2) is 22.8 Å². The lowest BCUT2D eigenvalue weighted by Crippen LogP contribution is -2.46. The highest BCUT2D eigenvalue weighted by atomic mass is 16.4. The minimum absolute atomic E-state index is 0.292. The van der Waals surface area contributed by atoms with E-state index in [0.717, 1.165) is 0 Å². The summed E-state index contributed by atoms with van der Waals surface area (Å²) in [6.45, 7) is 5.98. The molecule has 6 heteroatoms. The van der Waals surface area contributed by atoms with Crippen LogP contribution >= 0.6 is 0 Å². The third kappa shape index (κ3) is 4.31. The number of carboxylic acid groups (broad SMARTS) is 1. The summed E-state index contributed by atoms with van der Waals surface area (Å²) in [6, 6.07) is 2.82. The number of furan rings is 1. The van der Waals surface area contributed by atoms with Crippen LogP contribution in [0.5, 0.6) is 0 Å². The lowest BCUT2D eigenvalue weighted by Gasteiger charge is -2.24. The molecule has 1 rings (SSSR count). The molecule has 0 spiro atoms. The van der Waals surface area contributed by atoms with Gasteiger partial charge in [0.25, 0.3) is 0 Å². The standard InChI is InChI=1S/C13H20N2O4/c1-4-15(8-11-6-5-7-19-11)13(18)14-10(3)9(2)12(16)17/h5-7,9-10H,4,8H2,1-3H3,(H,14,18)(H,16,17). The summed E-state index contributed by atoms with van der Waals surface area (Å²) in [5.41, 5.74) is 0. The van der Waals surface area contributed by atoms with Crippen LogP contribution in [0.1, 0.15) is 26.5 Å². The summed E-state index contributed by atoms with van der Waals surface area (Å²) in [5, 5.41) is 11.6. The number of carbonyl (C=O) groups excluding carboxylic acids is 1. The summed E-state index contributed by atoms with van der Waals surface area (Å²) in [7, 11) is 0. The predicted molar refractivity (Wildman–Crippen MR) is 69.6 cm³/mol. The Morgan fingerprint density at radius 3 is 2.63 bits per heavy atom. The summed E-state index contributed by atoms with van der Waals surface area (Å²) in [5.74, 6) is -0.871. The van der Waals surface area contributed by atoms with Crippen LogP contribution in [0.3, 0.4) is 0 Å². The highest BCUT2D eigenvalue weighted by Crippen LogP contribution is 2.07. The number of amides is 2. The Morgan fingerprint density at radius 1 is 1.47 bits per heavy atom. The maximum absolute atomic E-state index is 12.0. The molecule has 2 unspecified atom stereocenters. The number of carbonyl (C=O) groups is 2. The number of aliphatic carboxylic acids is 1. The van der Waals surface area contributed by atoms with Crippen molar-refractivity contribution in [2.24, 2.45) is 5.92 Å². The average Bonchev–Trinajstić information content (AvgIpc) is 2.87. The number of carboxylic acids is 1. The highest BCUT2D eigenvalue weighted by Gasteiger charge is 2.23. The van der Waals surface area contributed by atoms with Crippen LogP contribution in [0.2, 0.25) is 0 Å². The topological polar surface area (TPSA) is 82.8 Å². The van der Waals surface area contributed by atoms with Crippen LogP contribution in [-0.2, 0) is 11.3 Å².